The Morgan fingerprint density at radius 2 is 2.36 bits per heavy atom. The van der Waals surface area contributed by atoms with E-state index in [-0.39, 0.29) is 6.10 Å². The smallest absolute Gasteiger partial charge is 0.0882 e. The number of aliphatic hydroxyl groups excluding tert-OH is 1. The maximum Gasteiger partial charge on any atom is 0.0882 e. The summed E-state index contributed by atoms with van der Waals surface area (Å²) < 4.78 is 1.09. The minimum Gasteiger partial charge on any atom is -0.388 e. The average Bonchev–Trinajstić information content (AvgIpc) is 2.36. The summed E-state index contributed by atoms with van der Waals surface area (Å²) in [5.41, 5.74) is 0. The van der Waals surface area contributed by atoms with E-state index in [4.69, 9.17) is 0 Å². The van der Waals surface area contributed by atoms with Crippen molar-refractivity contribution in [3.05, 3.63) is 20.8 Å². The lowest BCUT2D eigenvalue weighted by Crippen LogP contribution is -1.91. The van der Waals surface area contributed by atoms with Crippen LogP contribution in [0.5, 0.6) is 0 Å². The van der Waals surface area contributed by atoms with Crippen molar-refractivity contribution in [3.8, 4) is 0 Å². The van der Waals surface area contributed by atoms with Crippen LogP contribution < -0.4 is 0 Å². The van der Waals surface area contributed by atoms with Crippen molar-refractivity contribution in [2.45, 2.75) is 25.9 Å². The van der Waals surface area contributed by atoms with Crippen molar-refractivity contribution in [1.82, 2.24) is 0 Å². The highest BCUT2D eigenvalue weighted by Crippen LogP contribution is 2.29. The van der Waals surface area contributed by atoms with E-state index < -0.39 is 0 Å². The fourth-order valence-electron chi connectivity index (χ4n) is 0.923. The van der Waals surface area contributed by atoms with Gasteiger partial charge in [0.25, 0.3) is 0 Å². The fourth-order valence-corrected chi connectivity index (χ4v) is 2.37. The molecule has 0 unspecified atom stereocenters. The predicted octanol–water partition coefficient (Wildman–Crippen LogP) is 3.34. The van der Waals surface area contributed by atoms with Crippen LogP contribution in [0, 0.1) is 0 Å². The van der Waals surface area contributed by atoms with E-state index in [2.05, 4.69) is 22.9 Å². The van der Waals surface area contributed by atoms with E-state index in [1.165, 1.54) is 0 Å². The number of halogens is 1. The summed E-state index contributed by atoms with van der Waals surface area (Å²) in [6.45, 7) is 2.08. The first-order valence-electron chi connectivity index (χ1n) is 3.67. The number of rotatable bonds is 3. The number of thiophene rings is 1. The summed E-state index contributed by atoms with van der Waals surface area (Å²) in [5.74, 6) is 0. The molecule has 0 radical (unpaired) electrons. The summed E-state index contributed by atoms with van der Waals surface area (Å²) in [6, 6.07) is 3.94. The maximum absolute atomic E-state index is 9.52. The summed E-state index contributed by atoms with van der Waals surface area (Å²) in [7, 11) is 0. The Balaban J connectivity index is 2.60. The van der Waals surface area contributed by atoms with Crippen LogP contribution >= 0.6 is 27.3 Å². The summed E-state index contributed by atoms with van der Waals surface area (Å²) in [5, 5.41) is 9.52. The van der Waals surface area contributed by atoms with Crippen molar-refractivity contribution in [2.75, 3.05) is 0 Å². The molecule has 1 heterocycles. The van der Waals surface area contributed by atoms with Crippen LogP contribution in [0.3, 0.4) is 0 Å². The average molecular weight is 235 g/mol. The molecule has 0 spiro atoms. The van der Waals surface area contributed by atoms with Gasteiger partial charge in [0.1, 0.15) is 0 Å². The maximum atomic E-state index is 9.52. The molecular formula is C8H11BrOS. The normalized spacial score (nSPS) is 13.4. The van der Waals surface area contributed by atoms with Gasteiger partial charge in [0.2, 0.25) is 0 Å². The van der Waals surface area contributed by atoms with Gasteiger partial charge in [0.15, 0.2) is 0 Å². The largest absolute Gasteiger partial charge is 0.388 e. The van der Waals surface area contributed by atoms with Gasteiger partial charge >= 0.3 is 0 Å². The minimum atomic E-state index is -0.267. The number of hydrogen-bond acceptors (Lipinski definition) is 2. The molecule has 1 N–H and O–H groups in total. The molecule has 1 aromatic rings. The molecule has 3 heteroatoms. The predicted molar refractivity (Wildman–Crippen MR) is 51.9 cm³/mol. The fraction of sp³-hybridized carbons (Fsp3) is 0.500. The zero-order valence-electron chi connectivity index (χ0n) is 6.38. The summed E-state index contributed by atoms with van der Waals surface area (Å²) in [4.78, 5) is 1.05. The molecule has 0 aliphatic heterocycles. The van der Waals surface area contributed by atoms with Gasteiger partial charge in [-0.05, 0) is 34.5 Å². The minimum absolute atomic E-state index is 0.267. The van der Waals surface area contributed by atoms with Crippen LogP contribution in [0.1, 0.15) is 30.7 Å². The third kappa shape index (κ3) is 2.58. The van der Waals surface area contributed by atoms with Gasteiger partial charge < -0.3 is 5.11 Å². The van der Waals surface area contributed by atoms with Crippen molar-refractivity contribution < 1.29 is 5.11 Å². The molecule has 0 aliphatic carbocycles. The van der Waals surface area contributed by atoms with Gasteiger partial charge in [-0.2, -0.15) is 0 Å². The molecule has 11 heavy (non-hydrogen) atoms. The third-order valence-electron chi connectivity index (χ3n) is 1.48. The molecule has 0 saturated carbocycles. The van der Waals surface area contributed by atoms with E-state index >= 15 is 0 Å². The first-order valence-corrected chi connectivity index (χ1v) is 5.28. The lowest BCUT2D eigenvalue weighted by molar-refractivity contribution is 0.170. The van der Waals surface area contributed by atoms with E-state index in [1.54, 1.807) is 11.3 Å². The second-order valence-corrected chi connectivity index (χ2v) is 4.94. The monoisotopic (exact) mass is 234 g/mol. The summed E-state index contributed by atoms with van der Waals surface area (Å²) >= 11 is 4.96. The van der Waals surface area contributed by atoms with E-state index in [1.807, 2.05) is 12.1 Å². The van der Waals surface area contributed by atoms with E-state index in [0.717, 1.165) is 21.5 Å². The number of aliphatic hydroxyl groups is 1. The molecule has 1 nitrogen and oxygen atoms in total. The molecule has 1 aromatic heterocycles. The van der Waals surface area contributed by atoms with Crippen LogP contribution in [0.15, 0.2) is 15.9 Å². The zero-order chi connectivity index (χ0) is 8.27. The van der Waals surface area contributed by atoms with Gasteiger partial charge in [-0.3, -0.25) is 0 Å². The third-order valence-corrected chi connectivity index (χ3v) is 3.21. The van der Waals surface area contributed by atoms with Crippen LogP contribution in [-0.4, -0.2) is 5.11 Å². The van der Waals surface area contributed by atoms with Crippen molar-refractivity contribution in [1.29, 1.82) is 0 Å². The highest BCUT2D eigenvalue weighted by Gasteiger charge is 2.07. The first-order chi connectivity index (χ1) is 5.24. The zero-order valence-corrected chi connectivity index (χ0v) is 8.78. The lowest BCUT2D eigenvalue weighted by Gasteiger charge is -2.04. The molecule has 1 rings (SSSR count). The molecule has 62 valence electrons. The summed E-state index contributed by atoms with van der Waals surface area (Å²) in [6.07, 6.45) is 1.61. The van der Waals surface area contributed by atoms with Crippen molar-refractivity contribution >= 4 is 27.3 Å². The molecule has 0 aliphatic rings. The van der Waals surface area contributed by atoms with E-state index in [9.17, 15) is 5.11 Å². The standard InChI is InChI=1S/C8H11BrOS/c1-2-3-6(10)7-4-5-8(9)11-7/h4-6,10H,2-3H2,1H3/t6-/m0/s1. The van der Waals surface area contributed by atoms with Gasteiger partial charge in [0, 0.05) is 4.88 Å². The second-order valence-electron chi connectivity index (χ2n) is 2.45. The Bertz CT molecular complexity index is 222. The molecule has 0 bridgehead atoms. The Morgan fingerprint density at radius 3 is 2.82 bits per heavy atom. The van der Waals surface area contributed by atoms with Gasteiger partial charge in [-0.1, -0.05) is 13.3 Å². The lowest BCUT2D eigenvalue weighted by atomic mass is 10.2. The van der Waals surface area contributed by atoms with Crippen molar-refractivity contribution in [3.63, 3.8) is 0 Å². The van der Waals surface area contributed by atoms with Crippen LogP contribution in [0.25, 0.3) is 0 Å². The second kappa shape index (κ2) is 4.24. The number of hydrogen-bond donors (Lipinski definition) is 1. The highest BCUT2D eigenvalue weighted by atomic mass is 79.9. The highest BCUT2D eigenvalue weighted by molar-refractivity contribution is 9.11. The molecule has 0 saturated heterocycles. The molecule has 0 aromatic carbocycles. The molecule has 0 fully saturated rings. The van der Waals surface area contributed by atoms with Crippen LogP contribution in [0.4, 0.5) is 0 Å². The van der Waals surface area contributed by atoms with Crippen LogP contribution in [0.2, 0.25) is 0 Å². The molecule has 1 atom stereocenters. The Labute approximate surface area is 79.2 Å². The molecular weight excluding hydrogens is 224 g/mol. The van der Waals surface area contributed by atoms with Crippen molar-refractivity contribution in [2.24, 2.45) is 0 Å². The van der Waals surface area contributed by atoms with Gasteiger partial charge in [-0.25, -0.2) is 0 Å². The quantitative estimate of drug-likeness (QED) is 0.851. The van der Waals surface area contributed by atoms with E-state index in [0.29, 0.717) is 0 Å². The Hall–Kier alpha value is 0.140. The van der Waals surface area contributed by atoms with Gasteiger partial charge in [-0.15, -0.1) is 11.3 Å². The van der Waals surface area contributed by atoms with Gasteiger partial charge in [0.05, 0.1) is 9.89 Å². The topological polar surface area (TPSA) is 20.2 Å². The SMILES string of the molecule is CCC[C@H](O)c1ccc(Br)s1. The first kappa shape index (κ1) is 9.23. The molecule has 0 amide bonds. The van der Waals surface area contributed by atoms with Crippen LogP contribution in [-0.2, 0) is 0 Å². The Kier molecular flexibility index (Phi) is 3.55. The Morgan fingerprint density at radius 1 is 1.64 bits per heavy atom.